The normalized spacial score (nSPS) is 24.9. The highest BCUT2D eigenvalue weighted by Crippen LogP contribution is 2.33. The van der Waals surface area contributed by atoms with Gasteiger partial charge in [0, 0.05) is 19.6 Å². The van der Waals surface area contributed by atoms with Crippen LogP contribution in [0.2, 0.25) is 0 Å². The van der Waals surface area contributed by atoms with Crippen molar-refractivity contribution in [1.82, 2.24) is 0 Å². The Balaban J connectivity index is 2.02. The molecule has 1 atom stereocenters. The third-order valence-corrected chi connectivity index (χ3v) is 3.83. The number of benzene rings is 2. The van der Waals surface area contributed by atoms with Gasteiger partial charge in [0.25, 0.3) is 0 Å². The summed E-state index contributed by atoms with van der Waals surface area (Å²) in [5.74, 6) is 0. The van der Waals surface area contributed by atoms with Gasteiger partial charge in [-0.3, -0.25) is 0 Å². The van der Waals surface area contributed by atoms with Crippen molar-refractivity contribution in [2.24, 2.45) is 0 Å². The Morgan fingerprint density at radius 1 is 0.944 bits per heavy atom. The highest BCUT2D eigenvalue weighted by Gasteiger charge is 2.30. The van der Waals surface area contributed by atoms with Gasteiger partial charge in [0.15, 0.2) is 0 Å². The lowest BCUT2D eigenvalue weighted by Gasteiger charge is -2.26. The van der Waals surface area contributed by atoms with Gasteiger partial charge in [0.2, 0.25) is 0 Å². The second-order valence-corrected chi connectivity index (χ2v) is 5.06. The molecular weight excluding hydrogens is 224 g/mol. The fraction of sp³-hybridized carbons (Fsp3) is 0.375. The van der Waals surface area contributed by atoms with Crippen LogP contribution in [0.3, 0.4) is 0 Å². The summed E-state index contributed by atoms with van der Waals surface area (Å²) < 4.78 is 5.44. The van der Waals surface area contributed by atoms with E-state index in [0.29, 0.717) is 13.0 Å². The van der Waals surface area contributed by atoms with E-state index in [1.54, 1.807) is 0 Å². The maximum absolute atomic E-state index is 10.8. The lowest BCUT2D eigenvalue weighted by atomic mass is 9.86. The number of hydrogen-bond donors (Lipinski definition) is 1. The molecule has 1 saturated heterocycles. The van der Waals surface area contributed by atoms with Crippen LogP contribution in [0, 0.1) is 0 Å². The van der Waals surface area contributed by atoms with E-state index in [0.717, 1.165) is 25.0 Å². The fourth-order valence-corrected chi connectivity index (χ4v) is 2.70. The van der Waals surface area contributed by atoms with E-state index in [9.17, 15) is 5.11 Å². The van der Waals surface area contributed by atoms with Gasteiger partial charge in [-0.05, 0) is 35.2 Å². The Kier molecular flexibility index (Phi) is 3.06. The van der Waals surface area contributed by atoms with Crippen LogP contribution in [-0.2, 0) is 10.3 Å². The Bertz CT molecular complexity index is 540. The Morgan fingerprint density at radius 3 is 2.67 bits per heavy atom. The molecule has 0 amide bonds. The zero-order chi connectivity index (χ0) is 12.4. The van der Waals surface area contributed by atoms with Crippen molar-refractivity contribution in [2.45, 2.75) is 24.9 Å². The Morgan fingerprint density at radius 2 is 1.78 bits per heavy atom. The number of ether oxygens (including phenoxy) is 1. The molecule has 1 N–H and O–H groups in total. The molecule has 1 aliphatic heterocycles. The van der Waals surface area contributed by atoms with Gasteiger partial charge in [-0.1, -0.05) is 36.4 Å². The van der Waals surface area contributed by atoms with Crippen LogP contribution in [0.5, 0.6) is 0 Å². The van der Waals surface area contributed by atoms with Gasteiger partial charge in [-0.2, -0.15) is 0 Å². The highest BCUT2D eigenvalue weighted by molar-refractivity contribution is 5.83. The molecule has 0 saturated carbocycles. The third-order valence-electron chi connectivity index (χ3n) is 3.83. The molecule has 2 aromatic rings. The van der Waals surface area contributed by atoms with Crippen molar-refractivity contribution in [3.05, 3.63) is 48.0 Å². The van der Waals surface area contributed by atoms with E-state index < -0.39 is 5.60 Å². The lowest BCUT2D eigenvalue weighted by Crippen LogP contribution is -2.25. The second kappa shape index (κ2) is 4.71. The maximum atomic E-state index is 10.8. The first-order valence-electron chi connectivity index (χ1n) is 6.57. The summed E-state index contributed by atoms with van der Waals surface area (Å²) in [5, 5.41) is 13.2. The van der Waals surface area contributed by atoms with E-state index in [1.165, 1.54) is 10.8 Å². The van der Waals surface area contributed by atoms with Crippen molar-refractivity contribution in [3.63, 3.8) is 0 Å². The summed E-state index contributed by atoms with van der Waals surface area (Å²) in [5.41, 5.74) is 0.298. The zero-order valence-corrected chi connectivity index (χ0v) is 10.4. The van der Waals surface area contributed by atoms with Crippen molar-refractivity contribution in [2.75, 3.05) is 13.2 Å². The van der Waals surface area contributed by atoms with Crippen molar-refractivity contribution < 1.29 is 9.84 Å². The van der Waals surface area contributed by atoms with Crippen molar-refractivity contribution >= 4 is 10.8 Å². The summed E-state index contributed by atoms with van der Waals surface area (Å²) in [4.78, 5) is 0. The molecule has 1 heterocycles. The predicted molar refractivity (Wildman–Crippen MR) is 72.5 cm³/mol. The molecule has 94 valence electrons. The number of fused-ring (bicyclic) bond motifs is 1. The zero-order valence-electron chi connectivity index (χ0n) is 10.4. The third kappa shape index (κ3) is 2.14. The number of rotatable bonds is 1. The number of hydrogen-bond acceptors (Lipinski definition) is 2. The van der Waals surface area contributed by atoms with Crippen LogP contribution in [-0.4, -0.2) is 18.3 Å². The SMILES string of the molecule is OC1(c2ccc3ccccc3c2)CCCOCC1. The molecule has 1 fully saturated rings. The summed E-state index contributed by atoms with van der Waals surface area (Å²) in [6, 6.07) is 14.5. The monoisotopic (exact) mass is 242 g/mol. The topological polar surface area (TPSA) is 29.5 Å². The van der Waals surface area contributed by atoms with Gasteiger partial charge in [-0.15, -0.1) is 0 Å². The Labute approximate surface area is 107 Å². The molecule has 2 nitrogen and oxygen atoms in total. The molecule has 0 spiro atoms. The first-order chi connectivity index (χ1) is 8.78. The van der Waals surface area contributed by atoms with Crippen LogP contribution in [0.15, 0.2) is 42.5 Å². The van der Waals surface area contributed by atoms with Crippen LogP contribution in [0.1, 0.15) is 24.8 Å². The Hall–Kier alpha value is -1.38. The molecule has 0 aromatic heterocycles. The largest absolute Gasteiger partial charge is 0.385 e. The van der Waals surface area contributed by atoms with E-state index in [2.05, 4.69) is 24.3 Å². The van der Waals surface area contributed by atoms with Crippen LogP contribution >= 0.6 is 0 Å². The highest BCUT2D eigenvalue weighted by atomic mass is 16.5. The maximum Gasteiger partial charge on any atom is 0.0919 e. The van der Waals surface area contributed by atoms with Gasteiger partial charge in [-0.25, -0.2) is 0 Å². The van der Waals surface area contributed by atoms with Gasteiger partial charge >= 0.3 is 0 Å². The minimum atomic E-state index is -0.722. The van der Waals surface area contributed by atoms with Crippen molar-refractivity contribution in [3.8, 4) is 0 Å². The molecule has 3 rings (SSSR count). The molecule has 0 aliphatic carbocycles. The van der Waals surface area contributed by atoms with E-state index in [4.69, 9.17) is 4.74 Å². The molecule has 2 aromatic carbocycles. The summed E-state index contributed by atoms with van der Waals surface area (Å²) >= 11 is 0. The van der Waals surface area contributed by atoms with Crippen LogP contribution < -0.4 is 0 Å². The van der Waals surface area contributed by atoms with E-state index in [1.807, 2.05) is 18.2 Å². The van der Waals surface area contributed by atoms with Crippen molar-refractivity contribution in [1.29, 1.82) is 0 Å². The average Bonchev–Trinajstić information content (AvgIpc) is 2.64. The van der Waals surface area contributed by atoms with Gasteiger partial charge < -0.3 is 9.84 Å². The molecule has 2 heteroatoms. The van der Waals surface area contributed by atoms with Crippen LogP contribution in [0.25, 0.3) is 10.8 Å². The van der Waals surface area contributed by atoms with Gasteiger partial charge in [0.05, 0.1) is 5.60 Å². The second-order valence-electron chi connectivity index (χ2n) is 5.06. The molecule has 1 aliphatic rings. The molecule has 0 radical (unpaired) electrons. The molecular formula is C16H18O2. The number of aliphatic hydroxyl groups is 1. The first kappa shape index (κ1) is 11.7. The minimum absolute atomic E-state index is 0.642. The molecule has 0 bridgehead atoms. The van der Waals surface area contributed by atoms with E-state index >= 15 is 0 Å². The van der Waals surface area contributed by atoms with Crippen LogP contribution in [0.4, 0.5) is 0 Å². The standard InChI is InChI=1S/C16H18O2/c17-16(8-3-10-18-11-9-16)15-7-6-13-4-1-2-5-14(13)12-15/h1-2,4-7,12,17H,3,8-11H2. The summed E-state index contributed by atoms with van der Waals surface area (Å²) in [6.07, 6.45) is 2.39. The summed E-state index contributed by atoms with van der Waals surface area (Å²) in [7, 11) is 0. The molecule has 1 unspecified atom stereocenters. The molecule has 18 heavy (non-hydrogen) atoms. The van der Waals surface area contributed by atoms with Gasteiger partial charge in [0.1, 0.15) is 0 Å². The van der Waals surface area contributed by atoms with E-state index in [-0.39, 0.29) is 0 Å². The quantitative estimate of drug-likeness (QED) is 0.832. The smallest absolute Gasteiger partial charge is 0.0919 e. The minimum Gasteiger partial charge on any atom is -0.385 e. The first-order valence-corrected chi connectivity index (χ1v) is 6.57. The fourth-order valence-electron chi connectivity index (χ4n) is 2.70. The summed E-state index contributed by atoms with van der Waals surface area (Å²) in [6.45, 7) is 1.40. The lowest BCUT2D eigenvalue weighted by molar-refractivity contribution is 0.0145. The predicted octanol–water partition coefficient (Wildman–Crippen LogP) is 3.23. The average molecular weight is 242 g/mol.